The summed E-state index contributed by atoms with van der Waals surface area (Å²) >= 11 is 0. The number of carbonyl (C=O) groups is 3. The van der Waals surface area contributed by atoms with E-state index < -0.39 is 12.1 Å². The molecule has 276 valence electrons. The van der Waals surface area contributed by atoms with Crippen LogP contribution in [-0.2, 0) is 14.3 Å². The number of aromatic amines is 2. The van der Waals surface area contributed by atoms with Crippen LogP contribution in [0.4, 0.5) is 4.79 Å². The molecule has 12 heteroatoms. The molecule has 2 aliphatic heterocycles. The van der Waals surface area contributed by atoms with Crippen LogP contribution in [0.25, 0.3) is 33.6 Å². The van der Waals surface area contributed by atoms with Crippen LogP contribution < -0.4 is 5.32 Å². The van der Waals surface area contributed by atoms with Crippen molar-refractivity contribution < 1.29 is 21.9 Å². The molecule has 0 radical (unpaired) electrons. The summed E-state index contributed by atoms with van der Waals surface area (Å²) in [4.78, 5) is 60.6. The zero-order valence-electron chi connectivity index (χ0n) is 32.4. The Morgan fingerprint density at radius 1 is 0.808 bits per heavy atom. The second kappa shape index (κ2) is 16.6. The Bertz CT molecular complexity index is 1860. The smallest absolute Gasteiger partial charge is 0.407 e. The predicted octanol–water partition coefficient (Wildman–Crippen LogP) is 6.72. The van der Waals surface area contributed by atoms with Crippen LogP contribution in [0, 0.1) is 0 Å². The lowest BCUT2D eigenvalue weighted by molar-refractivity contribution is -0.137. The number of amides is 3. The lowest BCUT2D eigenvalue weighted by Gasteiger charge is -2.33. The largest absolute Gasteiger partial charge is 0.453 e. The standard InChI is InChI=1S/C40H52N8O4/c1-6-20-46(21-7-2)27(4)39(50)48-23-9-11-35(48)37-42-25-33(45-37)31-18-14-29(15-19-31)28-12-16-30(17-13-28)32-24-41-36(44-32)34-10-8-22-47(34)38(49)26(3)43-40(51)52-5/h12-19,24-27,34-35H,6-11,20-23H2,1-5H3,(H,41,44)(H,42,45)(H,43,51)/t26-,27-,34-,35-/m0/s1/i1D,2D. The van der Waals surface area contributed by atoms with E-state index in [2.05, 4.69) is 78.4 Å². The zero-order chi connectivity index (χ0) is 38.2. The van der Waals surface area contributed by atoms with Gasteiger partial charge in [0.05, 0.1) is 49.0 Å². The summed E-state index contributed by atoms with van der Waals surface area (Å²) in [6, 6.07) is 15.3. The van der Waals surface area contributed by atoms with Crippen LogP contribution in [0.3, 0.4) is 0 Å². The maximum absolute atomic E-state index is 13.7. The molecule has 6 rings (SSSR count). The Labute approximate surface area is 309 Å². The molecule has 2 aliphatic rings. The zero-order valence-corrected chi connectivity index (χ0v) is 30.4. The molecular weight excluding hydrogens is 656 g/mol. The third-order valence-corrected chi connectivity index (χ3v) is 10.3. The molecule has 0 bridgehead atoms. The summed E-state index contributed by atoms with van der Waals surface area (Å²) in [7, 11) is 1.27. The quantitative estimate of drug-likeness (QED) is 0.140. The number of rotatable bonds is 13. The second-order valence-electron chi connectivity index (χ2n) is 13.7. The molecular formula is C40H52N8O4. The van der Waals surface area contributed by atoms with Crippen molar-refractivity contribution in [3.63, 3.8) is 0 Å². The Morgan fingerprint density at radius 2 is 1.27 bits per heavy atom. The first-order chi connectivity index (χ1) is 26.2. The van der Waals surface area contributed by atoms with Gasteiger partial charge < -0.3 is 29.8 Å². The van der Waals surface area contributed by atoms with Crippen molar-refractivity contribution in [2.24, 2.45) is 0 Å². The van der Waals surface area contributed by atoms with Gasteiger partial charge in [-0.1, -0.05) is 62.3 Å². The Balaban J connectivity index is 1.08. The first-order valence-electron chi connectivity index (χ1n) is 19.7. The minimum Gasteiger partial charge on any atom is -0.453 e. The van der Waals surface area contributed by atoms with E-state index >= 15 is 0 Å². The first kappa shape index (κ1) is 34.1. The fraction of sp³-hybridized carbons (Fsp3) is 0.475. The summed E-state index contributed by atoms with van der Waals surface area (Å²) in [5, 5.41) is 2.56. The highest BCUT2D eigenvalue weighted by molar-refractivity contribution is 5.86. The number of H-pyrrole nitrogens is 2. The van der Waals surface area contributed by atoms with Crippen molar-refractivity contribution in [1.29, 1.82) is 0 Å². The van der Waals surface area contributed by atoms with Crippen LogP contribution in [-0.4, -0.2) is 97.9 Å². The summed E-state index contributed by atoms with van der Waals surface area (Å²) in [6.45, 7) is 6.94. The van der Waals surface area contributed by atoms with Gasteiger partial charge >= 0.3 is 6.09 Å². The van der Waals surface area contributed by atoms with E-state index in [1.54, 1.807) is 18.0 Å². The number of benzene rings is 2. The molecule has 4 heterocycles. The number of nitrogens with zero attached hydrogens (tertiary/aromatic N) is 5. The molecule has 2 aromatic carbocycles. The predicted molar refractivity (Wildman–Crippen MR) is 201 cm³/mol. The molecule has 2 aromatic heterocycles. The molecule has 4 aromatic rings. The monoisotopic (exact) mass is 710 g/mol. The van der Waals surface area contributed by atoms with E-state index in [0.29, 0.717) is 52.8 Å². The van der Waals surface area contributed by atoms with Crippen LogP contribution in [0.15, 0.2) is 60.9 Å². The lowest BCUT2D eigenvalue weighted by Crippen LogP contribution is -2.47. The highest BCUT2D eigenvalue weighted by Gasteiger charge is 2.36. The van der Waals surface area contributed by atoms with Crippen molar-refractivity contribution in [3.05, 3.63) is 72.6 Å². The number of nitrogens with one attached hydrogen (secondary N) is 3. The third kappa shape index (κ3) is 7.91. The maximum Gasteiger partial charge on any atom is 0.407 e. The highest BCUT2D eigenvalue weighted by atomic mass is 16.5. The van der Waals surface area contributed by atoms with Gasteiger partial charge in [0, 0.05) is 15.8 Å². The summed E-state index contributed by atoms with van der Waals surface area (Å²) in [5.41, 5.74) is 5.91. The number of likely N-dealkylation sites (tertiary alicyclic amines) is 2. The van der Waals surface area contributed by atoms with Gasteiger partial charge in [-0.05, 0) is 87.7 Å². The average molecular weight is 711 g/mol. The minimum absolute atomic E-state index is 0.0854. The number of ether oxygens (including phenoxy) is 1. The number of imidazole rings is 2. The first-order valence-corrected chi connectivity index (χ1v) is 18.3. The fourth-order valence-corrected chi connectivity index (χ4v) is 7.47. The number of methoxy groups -OCH3 is 1. The van der Waals surface area contributed by atoms with Crippen LogP contribution >= 0.6 is 0 Å². The number of alkyl carbamates (subject to hydrolysis) is 1. The molecule has 52 heavy (non-hydrogen) atoms. The molecule has 0 unspecified atom stereocenters. The van der Waals surface area contributed by atoms with Gasteiger partial charge in [-0.2, -0.15) is 0 Å². The van der Waals surface area contributed by atoms with Gasteiger partial charge in [-0.25, -0.2) is 14.8 Å². The minimum atomic E-state index is -0.701. The third-order valence-electron chi connectivity index (χ3n) is 10.3. The lowest BCUT2D eigenvalue weighted by atomic mass is 10.0. The number of aromatic nitrogens is 4. The number of carbonyl (C=O) groups excluding carboxylic acids is 3. The molecule has 3 amide bonds. The van der Waals surface area contributed by atoms with Gasteiger partial charge in [0.1, 0.15) is 17.7 Å². The fourth-order valence-electron chi connectivity index (χ4n) is 7.47. The topological polar surface area (TPSA) is 140 Å². The Kier molecular flexibility index (Phi) is 10.9. The van der Waals surface area contributed by atoms with Crippen LogP contribution in [0.1, 0.15) is 92.6 Å². The van der Waals surface area contributed by atoms with E-state index in [9.17, 15) is 14.4 Å². The summed E-state index contributed by atoms with van der Waals surface area (Å²) in [6.07, 6.45) is 7.85. The van der Waals surface area contributed by atoms with E-state index in [0.717, 1.165) is 71.0 Å². The van der Waals surface area contributed by atoms with E-state index in [4.69, 9.17) is 7.73 Å². The molecule has 2 saturated heterocycles. The van der Waals surface area contributed by atoms with Gasteiger partial charge in [-0.3, -0.25) is 14.5 Å². The van der Waals surface area contributed by atoms with Crippen LogP contribution in [0.2, 0.25) is 0 Å². The summed E-state index contributed by atoms with van der Waals surface area (Å²) in [5.74, 6) is 1.44. The molecule has 12 nitrogen and oxygen atoms in total. The molecule has 0 saturated carbocycles. The van der Waals surface area contributed by atoms with Crippen molar-refractivity contribution in [1.82, 2.24) is 40.0 Å². The number of hydrogen-bond acceptors (Lipinski definition) is 7. The molecule has 3 N–H and O–H groups in total. The van der Waals surface area contributed by atoms with Crippen molar-refractivity contribution in [2.45, 2.75) is 90.3 Å². The maximum atomic E-state index is 13.7. The SMILES string of the molecule is [2H]CCCN(CCC[2H])[C@@H](C)C(=O)N1CCC[C@H]1c1ncc(-c2ccc(-c3ccc(-c4cnc([C@@H]5CCCN5C(=O)[C@H](C)NC(=O)OC)[nH]4)cc3)cc2)[nH]1. The van der Waals surface area contributed by atoms with E-state index in [1.807, 2.05) is 18.0 Å². The Morgan fingerprint density at radius 3 is 1.73 bits per heavy atom. The molecule has 0 aliphatic carbocycles. The van der Waals surface area contributed by atoms with E-state index in [-0.39, 0.29) is 29.9 Å². The van der Waals surface area contributed by atoms with Crippen molar-refractivity contribution in [2.75, 3.05) is 33.3 Å². The second-order valence-corrected chi connectivity index (χ2v) is 13.7. The van der Waals surface area contributed by atoms with Gasteiger partial charge in [-0.15, -0.1) is 0 Å². The molecule has 4 atom stereocenters. The van der Waals surface area contributed by atoms with Crippen molar-refractivity contribution >= 4 is 17.9 Å². The highest BCUT2D eigenvalue weighted by Crippen LogP contribution is 2.34. The van der Waals surface area contributed by atoms with Crippen LogP contribution in [0.5, 0.6) is 0 Å². The summed E-state index contributed by atoms with van der Waals surface area (Å²) < 4.78 is 19.8. The van der Waals surface area contributed by atoms with Crippen molar-refractivity contribution in [3.8, 4) is 33.6 Å². The Hall–Kier alpha value is -4.97. The molecule has 2 fully saturated rings. The number of hydrogen-bond donors (Lipinski definition) is 3. The van der Waals surface area contributed by atoms with Gasteiger partial charge in [0.15, 0.2) is 0 Å². The average Bonchev–Trinajstić information content (AvgIpc) is 4.04. The van der Waals surface area contributed by atoms with E-state index in [1.165, 1.54) is 7.11 Å². The van der Waals surface area contributed by atoms with Gasteiger partial charge in [0.25, 0.3) is 0 Å². The normalized spacial score (nSPS) is 19.0. The van der Waals surface area contributed by atoms with Gasteiger partial charge in [0.2, 0.25) is 11.8 Å². The molecule has 0 spiro atoms.